The summed E-state index contributed by atoms with van der Waals surface area (Å²) in [4.78, 5) is 0. The van der Waals surface area contributed by atoms with E-state index in [0.717, 1.165) is 31.6 Å². The van der Waals surface area contributed by atoms with Gasteiger partial charge in [0.15, 0.2) is 0 Å². The van der Waals surface area contributed by atoms with Crippen LogP contribution in [0, 0.1) is 0 Å². The summed E-state index contributed by atoms with van der Waals surface area (Å²) >= 11 is 0. The van der Waals surface area contributed by atoms with Crippen LogP contribution >= 0.6 is 0 Å². The van der Waals surface area contributed by atoms with Gasteiger partial charge < -0.3 is 9.73 Å². The molecular formula is C17H23NO. The van der Waals surface area contributed by atoms with Gasteiger partial charge in [-0.3, -0.25) is 0 Å². The minimum Gasteiger partial charge on any atom is -0.469 e. The van der Waals surface area contributed by atoms with Crippen molar-refractivity contribution in [3.8, 4) is 0 Å². The van der Waals surface area contributed by atoms with Crippen LogP contribution in [0.3, 0.4) is 0 Å². The molecule has 0 spiro atoms. The molecule has 1 heterocycles. The van der Waals surface area contributed by atoms with Crippen LogP contribution in [0.25, 0.3) is 0 Å². The van der Waals surface area contributed by atoms with E-state index in [-0.39, 0.29) is 0 Å². The average Bonchev–Trinajstić information content (AvgIpc) is 2.97. The predicted molar refractivity (Wildman–Crippen MR) is 79.3 cm³/mol. The van der Waals surface area contributed by atoms with E-state index in [9.17, 15) is 0 Å². The minimum atomic E-state index is 0.431. The van der Waals surface area contributed by atoms with E-state index in [1.165, 1.54) is 11.1 Å². The second-order valence-corrected chi connectivity index (χ2v) is 4.84. The van der Waals surface area contributed by atoms with Gasteiger partial charge in [-0.05, 0) is 36.1 Å². The average molecular weight is 257 g/mol. The van der Waals surface area contributed by atoms with Crippen LogP contribution in [0.15, 0.2) is 47.1 Å². The molecule has 1 aromatic carbocycles. The molecule has 0 aliphatic heterocycles. The monoisotopic (exact) mass is 257 g/mol. The summed E-state index contributed by atoms with van der Waals surface area (Å²) in [5, 5.41) is 3.60. The topological polar surface area (TPSA) is 25.2 Å². The molecule has 2 heteroatoms. The third-order valence-corrected chi connectivity index (χ3v) is 3.54. The largest absolute Gasteiger partial charge is 0.469 e. The van der Waals surface area contributed by atoms with Crippen molar-refractivity contribution in [1.82, 2.24) is 5.32 Å². The summed E-state index contributed by atoms with van der Waals surface area (Å²) in [5.74, 6) is 1.05. The van der Waals surface area contributed by atoms with Crippen molar-refractivity contribution in [2.24, 2.45) is 0 Å². The van der Waals surface area contributed by atoms with Crippen LogP contribution in [0.2, 0.25) is 0 Å². The maximum Gasteiger partial charge on any atom is 0.105 e. The quantitative estimate of drug-likeness (QED) is 0.807. The van der Waals surface area contributed by atoms with Crippen molar-refractivity contribution in [2.75, 3.05) is 6.54 Å². The Balaban J connectivity index is 1.88. The zero-order valence-electron chi connectivity index (χ0n) is 11.9. The minimum absolute atomic E-state index is 0.431. The molecule has 0 amide bonds. The number of benzene rings is 1. The van der Waals surface area contributed by atoms with Gasteiger partial charge in [0.2, 0.25) is 0 Å². The Bertz CT molecular complexity index is 459. The lowest BCUT2D eigenvalue weighted by atomic mass is 10.0. The summed E-state index contributed by atoms with van der Waals surface area (Å²) in [5.41, 5.74) is 2.77. The SMILES string of the molecule is CCc1ccc(C(CC)NCCc2ccco2)cc1. The first kappa shape index (κ1) is 13.9. The van der Waals surface area contributed by atoms with Crippen LogP contribution in [-0.4, -0.2) is 6.54 Å². The van der Waals surface area contributed by atoms with E-state index in [0.29, 0.717) is 6.04 Å². The number of hydrogen-bond donors (Lipinski definition) is 1. The third kappa shape index (κ3) is 3.97. The van der Waals surface area contributed by atoms with Gasteiger partial charge >= 0.3 is 0 Å². The van der Waals surface area contributed by atoms with E-state index in [2.05, 4.69) is 43.4 Å². The molecule has 2 aromatic rings. The molecule has 0 fully saturated rings. The first-order valence-electron chi connectivity index (χ1n) is 7.18. The van der Waals surface area contributed by atoms with Crippen molar-refractivity contribution in [3.05, 3.63) is 59.5 Å². The van der Waals surface area contributed by atoms with Gasteiger partial charge in [-0.1, -0.05) is 38.1 Å². The molecule has 1 unspecified atom stereocenters. The molecule has 19 heavy (non-hydrogen) atoms. The van der Waals surface area contributed by atoms with Crippen molar-refractivity contribution in [3.63, 3.8) is 0 Å². The fourth-order valence-electron chi connectivity index (χ4n) is 2.31. The fraction of sp³-hybridized carbons (Fsp3) is 0.412. The van der Waals surface area contributed by atoms with Gasteiger partial charge in [-0.15, -0.1) is 0 Å². The van der Waals surface area contributed by atoms with Gasteiger partial charge in [0.25, 0.3) is 0 Å². The van der Waals surface area contributed by atoms with Crippen LogP contribution in [0.4, 0.5) is 0 Å². The number of hydrogen-bond acceptors (Lipinski definition) is 2. The lowest BCUT2D eigenvalue weighted by molar-refractivity contribution is 0.472. The molecule has 102 valence electrons. The standard InChI is InChI=1S/C17H23NO/c1-3-14-7-9-15(10-8-14)17(4-2)18-12-11-16-6-5-13-19-16/h5-10,13,17-18H,3-4,11-12H2,1-2H3. The van der Waals surface area contributed by atoms with Crippen molar-refractivity contribution < 1.29 is 4.42 Å². The smallest absolute Gasteiger partial charge is 0.105 e. The van der Waals surface area contributed by atoms with Crippen molar-refractivity contribution in [2.45, 2.75) is 39.2 Å². The van der Waals surface area contributed by atoms with Gasteiger partial charge in [-0.25, -0.2) is 0 Å². The molecule has 0 saturated heterocycles. The number of aryl methyl sites for hydroxylation is 1. The Morgan fingerprint density at radius 3 is 2.47 bits per heavy atom. The van der Waals surface area contributed by atoms with Crippen LogP contribution in [0.1, 0.15) is 43.2 Å². The van der Waals surface area contributed by atoms with Crippen LogP contribution in [-0.2, 0) is 12.8 Å². The van der Waals surface area contributed by atoms with Gasteiger partial charge in [0, 0.05) is 19.0 Å². The molecule has 0 aliphatic rings. The molecule has 0 aliphatic carbocycles. The fourth-order valence-corrected chi connectivity index (χ4v) is 2.31. The highest BCUT2D eigenvalue weighted by Crippen LogP contribution is 2.17. The molecule has 2 nitrogen and oxygen atoms in total. The van der Waals surface area contributed by atoms with E-state index < -0.39 is 0 Å². The normalized spacial score (nSPS) is 12.5. The van der Waals surface area contributed by atoms with Gasteiger partial charge in [-0.2, -0.15) is 0 Å². The van der Waals surface area contributed by atoms with E-state index in [1.807, 2.05) is 12.1 Å². The van der Waals surface area contributed by atoms with E-state index >= 15 is 0 Å². The maximum atomic E-state index is 5.34. The maximum absolute atomic E-state index is 5.34. The number of nitrogens with one attached hydrogen (secondary N) is 1. The molecule has 1 N–H and O–H groups in total. The third-order valence-electron chi connectivity index (χ3n) is 3.54. The van der Waals surface area contributed by atoms with Crippen LogP contribution in [0.5, 0.6) is 0 Å². The zero-order chi connectivity index (χ0) is 13.5. The molecule has 1 atom stereocenters. The highest BCUT2D eigenvalue weighted by atomic mass is 16.3. The summed E-state index contributed by atoms with van der Waals surface area (Å²) in [6, 6.07) is 13.3. The molecule has 2 rings (SSSR count). The zero-order valence-corrected chi connectivity index (χ0v) is 11.9. The molecule has 0 bridgehead atoms. The summed E-state index contributed by atoms with van der Waals surface area (Å²) in [6.07, 6.45) is 4.87. The Kier molecular flexibility index (Phi) is 5.22. The Morgan fingerprint density at radius 1 is 1.11 bits per heavy atom. The highest BCUT2D eigenvalue weighted by Gasteiger charge is 2.08. The van der Waals surface area contributed by atoms with Gasteiger partial charge in [0.05, 0.1) is 6.26 Å². The van der Waals surface area contributed by atoms with Gasteiger partial charge in [0.1, 0.15) is 5.76 Å². The summed E-state index contributed by atoms with van der Waals surface area (Å²) in [6.45, 7) is 5.35. The Morgan fingerprint density at radius 2 is 1.89 bits per heavy atom. The van der Waals surface area contributed by atoms with E-state index in [4.69, 9.17) is 4.42 Å². The predicted octanol–water partition coefficient (Wildman–Crippen LogP) is 4.13. The Labute approximate surface area is 115 Å². The van der Waals surface area contributed by atoms with Crippen molar-refractivity contribution >= 4 is 0 Å². The second kappa shape index (κ2) is 7.15. The van der Waals surface area contributed by atoms with Crippen LogP contribution < -0.4 is 5.32 Å². The first-order chi connectivity index (χ1) is 9.33. The molecule has 1 aromatic heterocycles. The number of rotatable bonds is 7. The van der Waals surface area contributed by atoms with Crippen molar-refractivity contribution in [1.29, 1.82) is 0 Å². The first-order valence-corrected chi connectivity index (χ1v) is 7.18. The number of furan rings is 1. The van der Waals surface area contributed by atoms with E-state index in [1.54, 1.807) is 6.26 Å². The molecular weight excluding hydrogens is 234 g/mol. The second-order valence-electron chi connectivity index (χ2n) is 4.84. The molecule has 0 saturated carbocycles. The highest BCUT2D eigenvalue weighted by molar-refractivity contribution is 5.25. The molecule has 0 radical (unpaired) electrons. The summed E-state index contributed by atoms with van der Waals surface area (Å²) in [7, 11) is 0. The Hall–Kier alpha value is -1.54. The lowest BCUT2D eigenvalue weighted by Crippen LogP contribution is -2.23. The summed E-state index contributed by atoms with van der Waals surface area (Å²) < 4.78 is 5.34. The lowest BCUT2D eigenvalue weighted by Gasteiger charge is -2.17.